The van der Waals surface area contributed by atoms with Gasteiger partial charge in [-0.15, -0.1) is 0 Å². The summed E-state index contributed by atoms with van der Waals surface area (Å²) in [4.78, 5) is 28.5. The third-order valence-electron chi connectivity index (χ3n) is 4.66. The van der Waals surface area contributed by atoms with Crippen LogP contribution in [0, 0.1) is 0 Å². The van der Waals surface area contributed by atoms with Gasteiger partial charge in [-0.2, -0.15) is 4.98 Å². The SMILES string of the molecule is [2H]CC12COC(CC1O)C(n1ccc(NC(=O)c3ccccc3)nc1=O)O2. The van der Waals surface area contributed by atoms with Crippen molar-refractivity contribution in [3.05, 3.63) is 58.6 Å². The molecule has 1 aromatic heterocycles. The Hall–Kier alpha value is -2.55. The number of hydrogen-bond acceptors (Lipinski definition) is 6. The predicted molar refractivity (Wildman–Crippen MR) is 91.8 cm³/mol. The highest BCUT2D eigenvalue weighted by molar-refractivity contribution is 6.03. The van der Waals surface area contributed by atoms with E-state index in [1.165, 1.54) is 16.8 Å². The van der Waals surface area contributed by atoms with Crippen LogP contribution >= 0.6 is 0 Å². The Morgan fingerprint density at radius 3 is 2.92 bits per heavy atom. The van der Waals surface area contributed by atoms with Crippen LogP contribution in [0.25, 0.3) is 0 Å². The summed E-state index contributed by atoms with van der Waals surface area (Å²) in [6, 6.07) is 10.1. The Balaban J connectivity index is 1.54. The van der Waals surface area contributed by atoms with Crippen molar-refractivity contribution in [2.24, 2.45) is 0 Å². The van der Waals surface area contributed by atoms with E-state index in [-0.39, 0.29) is 31.7 Å². The zero-order chi connectivity index (χ0) is 19.0. The fourth-order valence-corrected chi connectivity index (χ4v) is 3.16. The molecule has 2 aromatic rings. The number of aliphatic hydroxyl groups excluding tert-OH is 1. The van der Waals surface area contributed by atoms with Gasteiger partial charge in [0.1, 0.15) is 17.5 Å². The zero-order valence-corrected chi connectivity index (χ0v) is 13.9. The third kappa shape index (κ3) is 2.92. The molecule has 3 aliphatic heterocycles. The molecule has 8 nitrogen and oxygen atoms in total. The molecule has 0 spiro atoms. The van der Waals surface area contributed by atoms with Crippen LogP contribution in [-0.2, 0) is 9.47 Å². The van der Waals surface area contributed by atoms with Crippen molar-refractivity contribution in [3.63, 3.8) is 0 Å². The number of amides is 1. The van der Waals surface area contributed by atoms with E-state index in [0.29, 0.717) is 5.56 Å². The van der Waals surface area contributed by atoms with E-state index in [9.17, 15) is 14.7 Å². The Labute approximate surface area is 150 Å². The fourth-order valence-electron chi connectivity index (χ4n) is 3.16. The lowest BCUT2D eigenvalue weighted by Crippen LogP contribution is -2.62. The standard InChI is InChI=1S/C18H19N3O5/c1-18-10-25-12(9-13(18)22)16(26-18)21-8-7-14(20-17(21)24)19-15(23)11-5-3-2-4-6-11/h2-8,12-13,16,22H,9-10H2,1H3,(H,19,20,23,24)/i1D. The van der Waals surface area contributed by atoms with E-state index < -0.39 is 29.7 Å². The monoisotopic (exact) mass is 358 g/mol. The molecule has 8 heteroatoms. The van der Waals surface area contributed by atoms with Gasteiger partial charge < -0.3 is 19.9 Å². The fraction of sp³-hybridized carbons (Fsp3) is 0.389. The summed E-state index contributed by atoms with van der Waals surface area (Å²) >= 11 is 0. The second kappa shape index (κ2) is 6.31. The van der Waals surface area contributed by atoms with Gasteiger partial charge in [-0.25, -0.2) is 4.79 Å². The number of aromatic nitrogens is 2. The van der Waals surface area contributed by atoms with E-state index in [4.69, 9.17) is 10.8 Å². The van der Waals surface area contributed by atoms with Crippen molar-refractivity contribution in [1.29, 1.82) is 0 Å². The van der Waals surface area contributed by atoms with Crippen LogP contribution in [-0.4, -0.2) is 45.0 Å². The van der Waals surface area contributed by atoms with Crippen LogP contribution in [0.1, 0.15) is 31.3 Å². The van der Waals surface area contributed by atoms with Gasteiger partial charge in [-0.1, -0.05) is 18.2 Å². The molecule has 3 aliphatic rings. The van der Waals surface area contributed by atoms with Gasteiger partial charge in [0.25, 0.3) is 5.91 Å². The molecule has 2 N–H and O–H groups in total. The highest BCUT2D eigenvalue weighted by Crippen LogP contribution is 2.41. The molecule has 0 aliphatic carbocycles. The summed E-state index contributed by atoms with van der Waals surface area (Å²) in [5.74, 6) is -0.241. The van der Waals surface area contributed by atoms with Crippen molar-refractivity contribution >= 4 is 11.7 Å². The average Bonchev–Trinajstić information content (AvgIpc) is 2.69. The molecule has 4 unspecified atom stereocenters. The van der Waals surface area contributed by atoms with E-state index >= 15 is 0 Å². The molecule has 4 atom stereocenters. The molecule has 0 radical (unpaired) electrons. The highest BCUT2D eigenvalue weighted by atomic mass is 16.6. The number of hydrogen-bond donors (Lipinski definition) is 2. The van der Waals surface area contributed by atoms with Crippen molar-refractivity contribution in [3.8, 4) is 0 Å². The lowest BCUT2D eigenvalue weighted by molar-refractivity contribution is -0.322. The molecular weight excluding hydrogens is 338 g/mol. The van der Waals surface area contributed by atoms with Crippen LogP contribution in [0.2, 0.25) is 0 Å². The summed E-state index contributed by atoms with van der Waals surface area (Å²) in [5, 5.41) is 12.7. The second-order valence-electron chi connectivity index (χ2n) is 6.50. The first-order valence-corrected chi connectivity index (χ1v) is 8.25. The number of carbonyl (C=O) groups is 1. The summed E-state index contributed by atoms with van der Waals surface area (Å²) in [6.07, 6.45) is -0.334. The first kappa shape index (κ1) is 15.7. The van der Waals surface area contributed by atoms with E-state index in [2.05, 4.69) is 10.3 Å². The van der Waals surface area contributed by atoms with Crippen LogP contribution < -0.4 is 11.0 Å². The average molecular weight is 358 g/mol. The van der Waals surface area contributed by atoms with Gasteiger partial charge in [0.05, 0.1) is 12.7 Å². The van der Waals surface area contributed by atoms with Crippen LogP contribution in [0.4, 0.5) is 5.82 Å². The van der Waals surface area contributed by atoms with E-state index in [0.717, 1.165) is 0 Å². The van der Waals surface area contributed by atoms with Gasteiger partial charge in [0, 0.05) is 19.6 Å². The van der Waals surface area contributed by atoms with Gasteiger partial charge in [0.15, 0.2) is 6.23 Å². The smallest absolute Gasteiger partial charge is 0.351 e. The van der Waals surface area contributed by atoms with Crippen molar-refractivity contribution < 1.29 is 20.7 Å². The van der Waals surface area contributed by atoms with Crippen LogP contribution in [0.5, 0.6) is 0 Å². The Morgan fingerprint density at radius 1 is 1.42 bits per heavy atom. The van der Waals surface area contributed by atoms with Gasteiger partial charge in [0.2, 0.25) is 0 Å². The van der Waals surface area contributed by atoms with Crippen molar-refractivity contribution in [2.75, 3.05) is 11.9 Å². The van der Waals surface area contributed by atoms with Gasteiger partial charge >= 0.3 is 5.69 Å². The Morgan fingerprint density at radius 2 is 2.23 bits per heavy atom. The third-order valence-corrected chi connectivity index (χ3v) is 4.66. The van der Waals surface area contributed by atoms with E-state index in [1.807, 2.05) is 0 Å². The minimum Gasteiger partial charge on any atom is -0.390 e. The molecule has 3 saturated heterocycles. The minimum atomic E-state index is -1.14. The molecule has 1 aromatic carbocycles. The lowest BCUT2D eigenvalue weighted by atomic mass is 9.87. The first-order valence-electron chi connectivity index (χ1n) is 8.95. The molecule has 5 rings (SSSR count). The second-order valence-corrected chi connectivity index (χ2v) is 6.50. The molecular formula is C18H19N3O5. The lowest BCUT2D eigenvalue weighted by Gasteiger charge is -2.51. The molecule has 26 heavy (non-hydrogen) atoms. The van der Waals surface area contributed by atoms with Crippen molar-refractivity contribution in [2.45, 2.75) is 37.4 Å². The Bertz CT molecular complexity index is 905. The number of aliphatic hydroxyl groups is 1. The molecule has 136 valence electrons. The zero-order valence-electron chi connectivity index (χ0n) is 14.9. The minimum absolute atomic E-state index is 0.117. The number of benzene rings is 1. The normalized spacial score (nSPS) is 30.7. The number of ether oxygens (including phenoxy) is 2. The highest BCUT2D eigenvalue weighted by Gasteiger charge is 2.52. The molecule has 1 amide bonds. The molecule has 0 saturated carbocycles. The maximum Gasteiger partial charge on any atom is 0.351 e. The topological polar surface area (TPSA) is 103 Å². The summed E-state index contributed by atoms with van der Waals surface area (Å²) in [7, 11) is 0. The molecule has 3 fully saturated rings. The maximum absolute atomic E-state index is 12.5. The van der Waals surface area contributed by atoms with Crippen molar-refractivity contribution in [1.82, 2.24) is 9.55 Å². The summed E-state index contributed by atoms with van der Waals surface area (Å²) in [6.45, 7) is -0.0585. The quantitative estimate of drug-likeness (QED) is 0.846. The summed E-state index contributed by atoms with van der Waals surface area (Å²) < 4.78 is 20.5. The van der Waals surface area contributed by atoms with Crippen LogP contribution in [0.3, 0.4) is 0 Å². The number of carbonyl (C=O) groups excluding carboxylic acids is 1. The number of rotatable bonds is 3. The first-order chi connectivity index (χ1) is 13.0. The maximum atomic E-state index is 12.5. The largest absolute Gasteiger partial charge is 0.390 e. The number of nitrogens with zero attached hydrogens (tertiary/aromatic N) is 2. The molecule has 4 heterocycles. The van der Waals surface area contributed by atoms with Gasteiger partial charge in [-0.3, -0.25) is 9.36 Å². The molecule has 2 bridgehead atoms. The van der Waals surface area contributed by atoms with Gasteiger partial charge in [-0.05, 0) is 25.1 Å². The number of fused-ring (bicyclic) bond motifs is 3. The van der Waals surface area contributed by atoms with E-state index in [1.54, 1.807) is 30.3 Å². The summed E-state index contributed by atoms with van der Waals surface area (Å²) in [5.41, 5.74) is -1.30. The number of nitrogens with one attached hydrogen (secondary N) is 1. The Kier molecular flexibility index (Phi) is 3.81. The predicted octanol–water partition coefficient (Wildman–Crippen LogP) is 0.933. The van der Waals surface area contributed by atoms with Crippen LogP contribution in [0.15, 0.2) is 47.4 Å². The number of anilines is 1.